The zero-order valence-corrected chi connectivity index (χ0v) is 12.0. The molecule has 0 aromatic heterocycles. The summed E-state index contributed by atoms with van der Waals surface area (Å²) in [5, 5.41) is 8.77. The Morgan fingerprint density at radius 1 is 1.35 bits per heavy atom. The van der Waals surface area contributed by atoms with Crippen LogP contribution in [0.25, 0.3) is 0 Å². The van der Waals surface area contributed by atoms with Crippen LogP contribution in [0.1, 0.15) is 28.8 Å². The van der Waals surface area contributed by atoms with Crippen LogP contribution < -0.4 is 16.0 Å². The molecule has 20 heavy (non-hydrogen) atoms. The molecule has 2 amide bonds. The number of benzene rings is 1. The van der Waals surface area contributed by atoms with Gasteiger partial charge in [-0.1, -0.05) is 6.07 Å². The summed E-state index contributed by atoms with van der Waals surface area (Å²) in [6.45, 7) is 3.55. The molecule has 0 saturated carbocycles. The first-order valence-electron chi connectivity index (χ1n) is 6.96. The fourth-order valence-electron chi connectivity index (χ4n) is 2.46. The monoisotopic (exact) mass is 275 g/mol. The van der Waals surface area contributed by atoms with Gasteiger partial charge < -0.3 is 16.0 Å². The molecule has 0 radical (unpaired) electrons. The van der Waals surface area contributed by atoms with Crippen LogP contribution in [0.4, 0.5) is 5.69 Å². The quantitative estimate of drug-likeness (QED) is 0.778. The van der Waals surface area contributed by atoms with Gasteiger partial charge in [-0.3, -0.25) is 9.59 Å². The SMILES string of the molecule is CNC(=O)c1cccc(NC(=O)[C@H]2CCCNC2)c1C. The Bertz CT molecular complexity index is 508. The first-order valence-corrected chi connectivity index (χ1v) is 6.96. The molecule has 1 atom stereocenters. The average Bonchev–Trinajstić information content (AvgIpc) is 2.49. The second-order valence-corrected chi connectivity index (χ2v) is 5.09. The van der Waals surface area contributed by atoms with Gasteiger partial charge in [0.2, 0.25) is 5.91 Å². The lowest BCUT2D eigenvalue weighted by Gasteiger charge is -2.22. The molecule has 0 aliphatic carbocycles. The number of rotatable bonds is 3. The van der Waals surface area contributed by atoms with Crippen LogP contribution in [0, 0.1) is 12.8 Å². The van der Waals surface area contributed by atoms with Gasteiger partial charge in [-0.25, -0.2) is 0 Å². The van der Waals surface area contributed by atoms with E-state index >= 15 is 0 Å². The predicted octanol–water partition coefficient (Wildman–Crippen LogP) is 1.29. The van der Waals surface area contributed by atoms with Gasteiger partial charge in [-0.05, 0) is 44.0 Å². The van der Waals surface area contributed by atoms with Crippen molar-refractivity contribution in [1.29, 1.82) is 0 Å². The van der Waals surface area contributed by atoms with Gasteiger partial charge >= 0.3 is 0 Å². The summed E-state index contributed by atoms with van der Waals surface area (Å²) in [6.07, 6.45) is 1.93. The van der Waals surface area contributed by atoms with Gasteiger partial charge in [0, 0.05) is 24.8 Å². The molecule has 1 aromatic rings. The summed E-state index contributed by atoms with van der Waals surface area (Å²) in [5.41, 5.74) is 2.10. The molecule has 3 N–H and O–H groups in total. The molecule has 2 rings (SSSR count). The predicted molar refractivity (Wildman–Crippen MR) is 78.8 cm³/mol. The molecule has 1 aliphatic rings. The number of carbonyl (C=O) groups is 2. The van der Waals surface area contributed by atoms with Gasteiger partial charge in [0.05, 0.1) is 5.92 Å². The van der Waals surface area contributed by atoms with Crippen LogP contribution in [0.3, 0.4) is 0 Å². The molecule has 5 heteroatoms. The molecule has 1 saturated heterocycles. The van der Waals surface area contributed by atoms with Crippen LogP contribution >= 0.6 is 0 Å². The number of piperidine rings is 1. The topological polar surface area (TPSA) is 70.2 Å². The molecule has 5 nitrogen and oxygen atoms in total. The number of hydrogen-bond acceptors (Lipinski definition) is 3. The van der Waals surface area contributed by atoms with E-state index in [0.717, 1.165) is 31.5 Å². The number of hydrogen-bond donors (Lipinski definition) is 3. The van der Waals surface area contributed by atoms with Crippen molar-refractivity contribution in [1.82, 2.24) is 10.6 Å². The number of nitrogens with one attached hydrogen (secondary N) is 3. The van der Waals surface area contributed by atoms with Crippen LogP contribution in [0.2, 0.25) is 0 Å². The Balaban J connectivity index is 2.12. The van der Waals surface area contributed by atoms with Crippen molar-refractivity contribution in [3.63, 3.8) is 0 Å². The smallest absolute Gasteiger partial charge is 0.251 e. The average molecular weight is 275 g/mol. The van der Waals surface area contributed by atoms with E-state index in [4.69, 9.17) is 0 Å². The van der Waals surface area contributed by atoms with E-state index < -0.39 is 0 Å². The first kappa shape index (κ1) is 14.5. The van der Waals surface area contributed by atoms with E-state index in [1.807, 2.05) is 13.0 Å². The van der Waals surface area contributed by atoms with Crippen LogP contribution in [-0.2, 0) is 4.79 Å². The highest BCUT2D eigenvalue weighted by molar-refractivity contribution is 5.99. The zero-order valence-electron chi connectivity index (χ0n) is 12.0. The van der Waals surface area contributed by atoms with Crippen molar-refractivity contribution in [3.05, 3.63) is 29.3 Å². The highest BCUT2D eigenvalue weighted by Gasteiger charge is 2.21. The minimum absolute atomic E-state index is 0.00630. The fraction of sp³-hybridized carbons (Fsp3) is 0.467. The second kappa shape index (κ2) is 6.52. The van der Waals surface area contributed by atoms with E-state index in [9.17, 15) is 9.59 Å². The van der Waals surface area contributed by atoms with Gasteiger partial charge in [-0.15, -0.1) is 0 Å². The molecule has 1 heterocycles. The van der Waals surface area contributed by atoms with Gasteiger partial charge in [0.25, 0.3) is 5.91 Å². The van der Waals surface area contributed by atoms with E-state index in [0.29, 0.717) is 11.3 Å². The highest BCUT2D eigenvalue weighted by Crippen LogP contribution is 2.21. The molecule has 1 aromatic carbocycles. The third-order valence-corrected chi connectivity index (χ3v) is 3.73. The Morgan fingerprint density at radius 2 is 2.15 bits per heavy atom. The summed E-state index contributed by atoms with van der Waals surface area (Å²) in [5.74, 6) is -0.112. The Morgan fingerprint density at radius 3 is 2.80 bits per heavy atom. The van der Waals surface area contributed by atoms with E-state index in [1.165, 1.54) is 0 Å². The summed E-state index contributed by atoms with van der Waals surface area (Å²) < 4.78 is 0. The van der Waals surface area contributed by atoms with Crippen molar-refractivity contribution in [3.8, 4) is 0 Å². The molecule has 0 bridgehead atoms. The van der Waals surface area contributed by atoms with Crippen molar-refractivity contribution >= 4 is 17.5 Å². The standard InChI is InChI=1S/C15H21N3O2/c1-10-12(15(20)16-2)6-3-7-13(10)18-14(19)11-5-4-8-17-9-11/h3,6-7,11,17H,4-5,8-9H2,1-2H3,(H,16,20)(H,18,19)/t11-/m0/s1. The van der Waals surface area contributed by atoms with Crippen LogP contribution in [0.15, 0.2) is 18.2 Å². The van der Waals surface area contributed by atoms with Crippen LogP contribution in [-0.4, -0.2) is 32.0 Å². The minimum atomic E-state index is -0.141. The molecule has 0 unspecified atom stereocenters. The largest absolute Gasteiger partial charge is 0.355 e. The Labute approximate surface area is 119 Å². The zero-order chi connectivity index (χ0) is 14.5. The summed E-state index contributed by atoms with van der Waals surface area (Å²) in [4.78, 5) is 24.0. The van der Waals surface area contributed by atoms with Crippen molar-refractivity contribution in [2.24, 2.45) is 5.92 Å². The lowest BCUT2D eigenvalue weighted by atomic mass is 9.98. The maximum atomic E-state index is 12.2. The molecule has 0 spiro atoms. The molecular formula is C15H21N3O2. The fourth-order valence-corrected chi connectivity index (χ4v) is 2.46. The summed E-state index contributed by atoms with van der Waals surface area (Å²) in [6, 6.07) is 5.37. The van der Waals surface area contributed by atoms with Gasteiger partial charge in [0.1, 0.15) is 0 Å². The lowest BCUT2D eigenvalue weighted by molar-refractivity contribution is -0.120. The summed E-state index contributed by atoms with van der Waals surface area (Å²) in [7, 11) is 1.60. The maximum absolute atomic E-state index is 12.2. The lowest BCUT2D eigenvalue weighted by Crippen LogP contribution is -2.37. The normalized spacial score (nSPS) is 18.4. The van der Waals surface area contributed by atoms with Crippen molar-refractivity contribution in [2.45, 2.75) is 19.8 Å². The van der Waals surface area contributed by atoms with Gasteiger partial charge in [0.15, 0.2) is 0 Å². The Hall–Kier alpha value is -1.88. The highest BCUT2D eigenvalue weighted by atomic mass is 16.2. The molecular weight excluding hydrogens is 254 g/mol. The number of amides is 2. The van der Waals surface area contributed by atoms with E-state index in [-0.39, 0.29) is 17.7 Å². The third-order valence-electron chi connectivity index (χ3n) is 3.73. The summed E-state index contributed by atoms with van der Waals surface area (Å²) >= 11 is 0. The minimum Gasteiger partial charge on any atom is -0.355 e. The number of carbonyl (C=O) groups excluding carboxylic acids is 2. The Kier molecular flexibility index (Phi) is 4.74. The van der Waals surface area contributed by atoms with E-state index in [1.54, 1.807) is 19.2 Å². The molecule has 1 fully saturated rings. The first-order chi connectivity index (χ1) is 9.63. The molecule has 108 valence electrons. The van der Waals surface area contributed by atoms with Gasteiger partial charge in [-0.2, -0.15) is 0 Å². The van der Waals surface area contributed by atoms with Crippen LogP contribution in [0.5, 0.6) is 0 Å². The van der Waals surface area contributed by atoms with Crippen molar-refractivity contribution in [2.75, 3.05) is 25.5 Å². The van der Waals surface area contributed by atoms with Crippen molar-refractivity contribution < 1.29 is 9.59 Å². The number of anilines is 1. The molecule has 1 aliphatic heterocycles. The third kappa shape index (κ3) is 3.17. The maximum Gasteiger partial charge on any atom is 0.251 e. The van der Waals surface area contributed by atoms with E-state index in [2.05, 4.69) is 16.0 Å². The second-order valence-electron chi connectivity index (χ2n) is 5.09.